The van der Waals surface area contributed by atoms with E-state index in [0.717, 1.165) is 0 Å². The van der Waals surface area contributed by atoms with Gasteiger partial charge in [0.15, 0.2) is 0 Å². The number of unbranched alkanes of at least 4 members (excludes halogenated alkanes) is 5. The van der Waals surface area contributed by atoms with Crippen LogP contribution in [0.3, 0.4) is 0 Å². The Morgan fingerprint density at radius 3 is 2.50 bits per heavy atom. The second-order valence-corrected chi connectivity index (χ2v) is 5.43. The zero-order valence-corrected chi connectivity index (χ0v) is 10.7. The van der Waals surface area contributed by atoms with Crippen LogP contribution in [0, 0.1) is 0 Å². The molecule has 0 saturated heterocycles. The van der Waals surface area contributed by atoms with Crippen LogP contribution in [0.4, 0.5) is 0 Å². The largest absolute Gasteiger partial charge is 0.143 e. The molecule has 0 fully saturated rings. The number of hydrogen-bond donors (Lipinski definition) is 0. The smallest absolute Gasteiger partial charge is 0.0411 e. The van der Waals surface area contributed by atoms with Crippen LogP contribution in [-0.4, -0.2) is 0 Å². The Kier molecular flexibility index (Phi) is 6.47. The monoisotopic (exact) mass is 226 g/mol. The maximum Gasteiger partial charge on any atom is 0.0411 e. The van der Waals surface area contributed by atoms with Gasteiger partial charge in [0.25, 0.3) is 0 Å². The van der Waals surface area contributed by atoms with E-state index in [9.17, 15) is 0 Å². The van der Waals surface area contributed by atoms with Crippen LogP contribution in [0.15, 0.2) is 11.4 Å². The van der Waals surface area contributed by atoms with Crippen LogP contribution in [0.1, 0.15) is 51.0 Å². The van der Waals surface area contributed by atoms with Crippen LogP contribution in [0.25, 0.3) is 0 Å². The summed E-state index contributed by atoms with van der Waals surface area (Å²) in [5.74, 6) is 0. The molecular weight excluding hydrogens is 207 g/mol. The summed E-state index contributed by atoms with van der Waals surface area (Å²) in [6, 6.07) is 2.21. The maximum absolute atomic E-state index is 4.43. The summed E-state index contributed by atoms with van der Waals surface area (Å²) in [5, 5.41) is 2.13. The van der Waals surface area contributed by atoms with Crippen LogP contribution >= 0.6 is 20.6 Å². The molecule has 1 aromatic heterocycles. The molecule has 0 aromatic carbocycles. The van der Waals surface area contributed by atoms with Crippen LogP contribution < -0.4 is 4.62 Å². The van der Waals surface area contributed by atoms with Gasteiger partial charge in [0.1, 0.15) is 0 Å². The fourth-order valence-electron chi connectivity index (χ4n) is 1.61. The van der Waals surface area contributed by atoms with E-state index in [4.69, 9.17) is 0 Å². The van der Waals surface area contributed by atoms with Gasteiger partial charge in [-0.1, -0.05) is 39.0 Å². The van der Waals surface area contributed by atoms with Gasteiger partial charge in [-0.2, -0.15) is 0 Å². The van der Waals surface area contributed by atoms with Crippen molar-refractivity contribution in [1.82, 2.24) is 0 Å². The minimum Gasteiger partial charge on any atom is -0.143 e. The Bertz CT molecular complexity index is 242. The molecule has 0 aliphatic carbocycles. The number of rotatable bonds is 7. The van der Waals surface area contributed by atoms with Crippen molar-refractivity contribution in [2.24, 2.45) is 0 Å². The van der Waals surface area contributed by atoms with E-state index >= 15 is 0 Å². The van der Waals surface area contributed by atoms with Gasteiger partial charge in [0.2, 0.25) is 0 Å². The van der Waals surface area contributed by atoms with Crippen molar-refractivity contribution in [3.63, 3.8) is 0 Å². The van der Waals surface area contributed by atoms with E-state index in [1.165, 1.54) is 55.1 Å². The molecule has 2 radical (unpaired) electrons. The topological polar surface area (TPSA) is 0 Å². The summed E-state index contributed by atoms with van der Waals surface area (Å²) >= 11 is 1.74. The molecule has 2 heteroatoms. The van der Waals surface area contributed by atoms with Crippen molar-refractivity contribution in [1.29, 1.82) is 0 Å². The third-order valence-electron chi connectivity index (χ3n) is 2.52. The van der Waals surface area contributed by atoms with Gasteiger partial charge in [-0.15, -0.1) is 11.3 Å². The number of hydrogen-bond acceptors (Lipinski definition) is 1. The first-order valence-electron chi connectivity index (χ1n) is 5.60. The predicted octanol–water partition coefficient (Wildman–Crippen LogP) is 4.69. The molecule has 0 aliphatic rings. The first-order valence-corrected chi connectivity index (χ1v) is 6.92. The Morgan fingerprint density at radius 1 is 1.14 bits per heavy atom. The normalized spacial score (nSPS) is 10.7. The molecule has 0 amide bonds. The van der Waals surface area contributed by atoms with Crippen LogP contribution in [0.2, 0.25) is 0 Å². The first kappa shape index (κ1) is 12.2. The summed E-state index contributed by atoms with van der Waals surface area (Å²) in [7, 11) is 4.43. The number of aryl methyl sites for hydroxylation is 1. The van der Waals surface area contributed by atoms with Crippen molar-refractivity contribution in [2.45, 2.75) is 51.9 Å². The highest BCUT2D eigenvalue weighted by atomic mass is 32.1. The van der Waals surface area contributed by atoms with Crippen LogP contribution in [-0.2, 0) is 6.42 Å². The molecule has 0 N–H and O–H groups in total. The minimum atomic E-state index is 1.21. The van der Waals surface area contributed by atoms with E-state index in [0.29, 0.717) is 0 Å². The van der Waals surface area contributed by atoms with Crippen molar-refractivity contribution in [3.8, 4) is 0 Å². The highest BCUT2D eigenvalue weighted by molar-refractivity contribution is 7.43. The van der Waals surface area contributed by atoms with E-state index in [1.54, 1.807) is 11.3 Å². The molecule has 0 aliphatic heterocycles. The highest BCUT2D eigenvalue weighted by Gasteiger charge is 1.99. The second kappa shape index (κ2) is 7.43. The van der Waals surface area contributed by atoms with E-state index < -0.39 is 0 Å². The first-order chi connectivity index (χ1) is 6.84. The predicted molar refractivity (Wildman–Crippen MR) is 68.0 cm³/mol. The molecule has 0 bridgehead atoms. The lowest BCUT2D eigenvalue weighted by molar-refractivity contribution is 0.608. The fraction of sp³-hybridized carbons (Fsp3) is 0.667. The molecule has 1 rings (SSSR count). The van der Waals surface area contributed by atoms with Gasteiger partial charge >= 0.3 is 0 Å². The fourth-order valence-corrected chi connectivity index (χ4v) is 2.67. The lowest BCUT2D eigenvalue weighted by Crippen LogP contribution is -1.93. The second-order valence-electron chi connectivity index (χ2n) is 3.77. The zero-order valence-electron chi connectivity index (χ0n) is 8.96. The minimum absolute atomic E-state index is 1.21. The Balaban J connectivity index is 2.02. The Labute approximate surface area is 94.3 Å². The third-order valence-corrected chi connectivity index (χ3v) is 3.88. The van der Waals surface area contributed by atoms with Crippen molar-refractivity contribution in [2.75, 3.05) is 0 Å². The number of thiophene rings is 1. The molecule has 0 saturated carbocycles. The quantitative estimate of drug-likeness (QED) is 0.467. The van der Waals surface area contributed by atoms with Gasteiger partial charge in [0.05, 0.1) is 0 Å². The summed E-state index contributed by atoms with van der Waals surface area (Å²) in [6.45, 7) is 2.26. The summed E-state index contributed by atoms with van der Waals surface area (Å²) < 4.78 is 1.21. The molecule has 0 unspecified atom stereocenters. The molecule has 0 spiro atoms. The standard InChI is InChI=1S/C12H19PS/c1-2-3-4-5-6-7-8-11-9-10-14-12(11)13/h9-10H,2-8H2,1H3. The lowest BCUT2D eigenvalue weighted by atomic mass is 10.1. The summed E-state index contributed by atoms with van der Waals surface area (Å²) in [6.07, 6.45) is 9.47. The molecule has 0 nitrogen and oxygen atoms in total. The van der Waals surface area contributed by atoms with E-state index in [2.05, 4.69) is 27.6 Å². The van der Waals surface area contributed by atoms with Crippen LogP contribution in [0.5, 0.6) is 0 Å². The van der Waals surface area contributed by atoms with E-state index in [-0.39, 0.29) is 0 Å². The molecule has 14 heavy (non-hydrogen) atoms. The molecule has 0 atom stereocenters. The molecule has 1 aromatic rings. The highest BCUT2D eigenvalue weighted by Crippen LogP contribution is 2.13. The molecule has 78 valence electrons. The average Bonchev–Trinajstić information content (AvgIpc) is 2.58. The van der Waals surface area contributed by atoms with Crippen molar-refractivity contribution >= 4 is 25.2 Å². The van der Waals surface area contributed by atoms with Gasteiger partial charge in [0, 0.05) is 13.9 Å². The third kappa shape index (κ3) is 4.57. The van der Waals surface area contributed by atoms with Crippen molar-refractivity contribution < 1.29 is 0 Å². The summed E-state index contributed by atoms with van der Waals surface area (Å²) in [4.78, 5) is 0. The van der Waals surface area contributed by atoms with Gasteiger partial charge in [-0.05, 0) is 29.9 Å². The van der Waals surface area contributed by atoms with Crippen molar-refractivity contribution in [3.05, 3.63) is 17.0 Å². The van der Waals surface area contributed by atoms with E-state index in [1.807, 2.05) is 0 Å². The molecule has 1 heterocycles. The molecular formula is C12H19PS. The summed E-state index contributed by atoms with van der Waals surface area (Å²) in [5.41, 5.74) is 1.44. The van der Waals surface area contributed by atoms with Gasteiger partial charge in [-0.3, -0.25) is 0 Å². The average molecular weight is 226 g/mol. The Hall–Kier alpha value is 0.130. The van der Waals surface area contributed by atoms with Gasteiger partial charge < -0.3 is 0 Å². The van der Waals surface area contributed by atoms with Gasteiger partial charge in [-0.25, -0.2) is 0 Å². The SMILES string of the molecule is CCCCCCCCc1ccsc1[P]. The zero-order chi connectivity index (χ0) is 10.2. The maximum atomic E-state index is 4.43. The lowest BCUT2D eigenvalue weighted by Gasteiger charge is -2.00. The Morgan fingerprint density at radius 2 is 1.86 bits per heavy atom.